The summed E-state index contributed by atoms with van der Waals surface area (Å²) in [5.41, 5.74) is 1.06. The number of nitrogens with one attached hydrogen (secondary N) is 2. The maximum absolute atomic E-state index is 12.3. The molecule has 0 bridgehead atoms. The highest BCUT2D eigenvalue weighted by Gasteiger charge is 2.24. The van der Waals surface area contributed by atoms with Crippen molar-refractivity contribution in [1.82, 2.24) is 20.5 Å². The molecule has 0 radical (unpaired) electrons. The Hall–Kier alpha value is -1.66. The molecule has 1 aromatic heterocycles. The summed E-state index contributed by atoms with van der Waals surface area (Å²) in [6.07, 6.45) is 3.74. The van der Waals surface area contributed by atoms with Gasteiger partial charge in [-0.1, -0.05) is 6.07 Å². The van der Waals surface area contributed by atoms with Crippen LogP contribution in [0.15, 0.2) is 18.3 Å². The first-order valence-electron chi connectivity index (χ1n) is 9.01. The van der Waals surface area contributed by atoms with Crippen molar-refractivity contribution in [2.24, 2.45) is 5.92 Å². The van der Waals surface area contributed by atoms with Gasteiger partial charge >= 0.3 is 0 Å². The maximum atomic E-state index is 12.3. The van der Waals surface area contributed by atoms with Crippen molar-refractivity contribution in [3.05, 3.63) is 23.9 Å². The minimum Gasteiger partial charge on any atom is -0.354 e. The van der Waals surface area contributed by atoms with E-state index < -0.39 is 0 Å². The third-order valence-electron chi connectivity index (χ3n) is 5.10. The average Bonchev–Trinajstić information content (AvgIpc) is 2.61. The van der Waals surface area contributed by atoms with Gasteiger partial charge in [-0.3, -0.25) is 4.79 Å². The summed E-state index contributed by atoms with van der Waals surface area (Å²) in [5, 5.41) is 6.45. The first kappa shape index (κ1) is 17.2. The zero-order chi connectivity index (χ0) is 16.9. The molecule has 0 saturated carbocycles. The molecule has 2 aliphatic heterocycles. The molecule has 2 saturated heterocycles. The number of piperidine rings is 1. The van der Waals surface area contributed by atoms with Crippen LogP contribution < -0.4 is 15.5 Å². The molecule has 3 rings (SSSR count). The van der Waals surface area contributed by atoms with Gasteiger partial charge in [-0.25, -0.2) is 4.98 Å². The van der Waals surface area contributed by atoms with Gasteiger partial charge in [-0.05, 0) is 45.0 Å². The maximum Gasteiger partial charge on any atom is 0.223 e. The Balaban J connectivity index is 1.48. The summed E-state index contributed by atoms with van der Waals surface area (Å²) in [4.78, 5) is 21.5. The number of piperazine rings is 1. The predicted octanol–water partition coefficient (Wildman–Crippen LogP) is 0.838. The molecule has 24 heavy (non-hydrogen) atoms. The van der Waals surface area contributed by atoms with Crippen LogP contribution >= 0.6 is 0 Å². The van der Waals surface area contributed by atoms with Crippen LogP contribution in [0.4, 0.5) is 5.82 Å². The normalized spacial score (nSPS) is 25.5. The number of carbonyl (C=O) groups is 1. The summed E-state index contributed by atoms with van der Waals surface area (Å²) in [7, 11) is 2.15. The van der Waals surface area contributed by atoms with Gasteiger partial charge in [0.15, 0.2) is 0 Å². The van der Waals surface area contributed by atoms with Gasteiger partial charge in [0.05, 0.1) is 0 Å². The minimum atomic E-state index is 0.138. The molecule has 6 nitrogen and oxygen atoms in total. The van der Waals surface area contributed by atoms with Crippen molar-refractivity contribution in [2.75, 3.05) is 44.7 Å². The second kappa shape index (κ2) is 7.94. The molecule has 2 aliphatic rings. The number of rotatable bonds is 4. The van der Waals surface area contributed by atoms with Gasteiger partial charge in [-0.2, -0.15) is 0 Å². The third-order valence-corrected chi connectivity index (χ3v) is 5.10. The second-order valence-electron chi connectivity index (χ2n) is 7.11. The average molecular weight is 331 g/mol. The van der Waals surface area contributed by atoms with Crippen LogP contribution in [0.3, 0.4) is 0 Å². The highest BCUT2D eigenvalue weighted by molar-refractivity contribution is 5.78. The molecule has 132 valence electrons. The van der Waals surface area contributed by atoms with Gasteiger partial charge in [0.1, 0.15) is 5.82 Å². The molecule has 2 N–H and O–H groups in total. The van der Waals surface area contributed by atoms with E-state index in [2.05, 4.69) is 51.5 Å². The SMILES string of the molecule is C[C@H]1C[C@@H](C(=O)NCc2ccc(N3CCN(C)CC3)nc2)CCN1. The first-order chi connectivity index (χ1) is 11.6. The number of pyridine rings is 1. The lowest BCUT2D eigenvalue weighted by molar-refractivity contribution is -0.126. The second-order valence-corrected chi connectivity index (χ2v) is 7.11. The fraction of sp³-hybridized carbons (Fsp3) is 0.667. The fourth-order valence-corrected chi connectivity index (χ4v) is 3.45. The highest BCUT2D eigenvalue weighted by atomic mass is 16.1. The zero-order valence-electron chi connectivity index (χ0n) is 14.8. The summed E-state index contributed by atoms with van der Waals surface area (Å²) in [6, 6.07) is 4.57. The van der Waals surface area contributed by atoms with Crippen LogP contribution in [0.5, 0.6) is 0 Å². The monoisotopic (exact) mass is 331 g/mol. The Bertz CT molecular complexity index is 539. The molecule has 0 spiro atoms. The molecule has 2 atom stereocenters. The van der Waals surface area contributed by atoms with Crippen molar-refractivity contribution in [3.63, 3.8) is 0 Å². The molecule has 2 fully saturated rings. The minimum absolute atomic E-state index is 0.138. The number of anilines is 1. The van der Waals surface area contributed by atoms with Gasteiger partial charge in [0.25, 0.3) is 0 Å². The van der Waals surface area contributed by atoms with Gasteiger partial charge < -0.3 is 20.4 Å². The molecule has 1 aromatic rings. The number of hydrogen-bond acceptors (Lipinski definition) is 5. The number of hydrogen-bond donors (Lipinski definition) is 2. The molecule has 0 aromatic carbocycles. The van der Waals surface area contributed by atoms with Crippen LogP contribution in [-0.2, 0) is 11.3 Å². The lowest BCUT2D eigenvalue weighted by atomic mass is 9.92. The number of likely N-dealkylation sites (N-methyl/N-ethyl adjacent to an activating group) is 1. The number of amides is 1. The van der Waals surface area contributed by atoms with Crippen molar-refractivity contribution < 1.29 is 4.79 Å². The van der Waals surface area contributed by atoms with Crippen molar-refractivity contribution in [2.45, 2.75) is 32.4 Å². The Labute approximate surface area is 144 Å². The first-order valence-corrected chi connectivity index (χ1v) is 9.01. The van der Waals surface area contributed by atoms with Crippen LogP contribution in [0.1, 0.15) is 25.3 Å². The van der Waals surface area contributed by atoms with E-state index in [1.165, 1.54) is 0 Å². The van der Waals surface area contributed by atoms with E-state index in [9.17, 15) is 4.79 Å². The summed E-state index contributed by atoms with van der Waals surface area (Å²) in [6.45, 7) is 7.83. The zero-order valence-corrected chi connectivity index (χ0v) is 14.8. The Morgan fingerprint density at radius 3 is 2.79 bits per heavy atom. The third kappa shape index (κ3) is 4.45. The van der Waals surface area contributed by atoms with E-state index in [4.69, 9.17) is 0 Å². The van der Waals surface area contributed by atoms with Crippen LogP contribution in [-0.4, -0.2) is 61.6 Å². The van der Waals surface area contributed by atoms with Gasteiger partial charge in [0, 0.05) is 50.9 Å². The standard InChI is InChI=1S/C18H29N5O/c1-14-11-16(5-6-19-14)18(24)21-13-15-3-4-17(20-12-15)23-9-7-22(2)8-10-23/h3-4,12,14,16,19H,5-11,13H2,1-2H3,(H,21,24)/t14-,16-/m0/s1. The summed E-state index contributed by atoms with van der Waals surface area (Å²) in [5.74, 6) is 1.34. The number of carbonyl (C=O) groups excluding carboxylic acids is 1. The molecule has 3 heterocycles. The Kier molecular flexibility index (Phi) is 5.68. The van der Waals surface area contributed by atoms with E-state index in [1.807, 2.05) is 6.20 Å². The van der Waals surface area contributed by atoms with Gasteiger partial charge in [0.2, 0.25) is 5.91 Å². The predicted molar refractivity (Wildman–Crippen MR) is 96.0 cm³/mol. The topological polar surface area (TPSA) is 60.5 Å². The van der Waals surface area contributed by atoms with Crippen LogP contribution in [0, 0.1) is 5.92 Å². The quantitative estimate of drug-likeness (QED) is 0.856. The summed E-state index contributed by atoms with van der Waals surface area (Å²) < 4.78 is 0. The largest absolute Gasteiger partial charge is 0.354 e. The van der Waals surface area contributed by atoms with Crippen LogP contribution in [0.25, 0.3) is 0 Å². The molecule has 0 unspecified atom stereocenters. The Morgan fingerprint density at radius 2 is 2.12 bits per heavy atom. The van der Waals surface area contributed by atoms with Crippen molar-refractivity contribution >= 4 is 11.7 Å². The van der Waals surface area contributed by atoms with Crippen molar-refractivity contribution in [1.29, 1.82) is 0 Å². The molecule has 0 aliphatic carbocycles. The van der Waals surface area contributed by atoms with E-state index in [1.54, 1.807) is 0 Å². The van der Waals surface area contributed by atoms with Gasteiger partial charge in [-0.15, -0.1) is 0 Å². The van der Waals surface area contributed by atoms with E-state index in [0.29, 0.717) is 12.6 Å². The van der Waals surface area contributed by atoms with E-state index in [-0.39, 0.29) is 11.8 Å². The molecule has 1 amide bonds. The lowest BCUT2D eigenvalue weighted by Gasteiger charge is -2.33. The Morgan fingerprint density at radius 1 is 1.33 bits per heavy atom. The smallest absolute Gasteiger partial charge is 0.223 e. The number of nitrogens with zero attached hydrogens (tertiary/aromatic N) is 3. The molecular weight excluding hydrogens is 302 g/mol. The number of aromatic nitrogens is 1. The fourth-order valence-electron chi connectivity index (χ4n) is 3.45. The molecular formula is C18H29N5O. The highest BCUT2D eigenvalue weighted by Crippen LogP contribution is 2.17. The van der Waals surface area contributed by atoms with Crippen molar-refractivity contribution in [3.8, 4) is 0 Å². The van der Waals surface area contributed by atoms with E-state index >= 15 is 0 Å². The molecule has 6 heteroatoms. The van der Waals surface area contributed by atoms with E-state index in [0.717, 1.165) is 56.9 Å². The van der Waals surface area contributed by atoms with Crippen LogP contribution in [0.2, 0.25) is 0 Å². The lowest BCUT2D eigenvalue weighted by Crippen LogP contribution is -2.44. The summed E-state index contributed by atoms with van der Waals surface area (Å²) >= 11 is 0.